The minimum absolute atomic E-state index is 0.119. The van der Waals surface area contributed by atoms with Crippen LogP contribution in [0.2, 0.25) is 0 Å². The number of nitrogens with two attached hydrogens (primary N) is 1. The molecular formula is C16H22N2O. The highest BCUT2D eigenvalue weighted by Gasteiger charge is 2.28. The van der Waals surface area contributed by atoms with Gasteiger partial charge in [0, 0.05) is 11.9 Å². The molecule has 1 saturated carbocycles. The zero-order chi connectivity index (χ0) is 13.2. The van der Waals surface area contributed by atoms with Crippen molar-refractivity contribution in [1.82, 2.24) is 5.32 Å². The molecule has 2 unspecified atom stereocenters. The highest BCUT2D eigenvalue weighted by atomic mass is 16.3. The van der Waals surface area contributed by atoms with Crippen LogP contribution in [0, 0.1) is 11.8 Å². The van der Waals surface area contributed by atoms with Crippen molar-refractivity contribution < 1.29 is 4.42 Å². The first-order chi connectivity index (χ1) is 9.28. The van der Waals surface area contributed by atoms with E-state index in [9.17, 15) is 0 Å². The Bertz CT molecular complexity index is 511. The molecule has 102 valence electrons. The van der Waals surface area contributed by atoms with Crippen LogP contribution in [0.1, 0.15) is 31.6 Å². The number of para-hydroxylation sites is 1. The van der Waals surface area contributed by atoms with Gasteiger partial charge in [-0.3, -0.25) is 0 Å². The van der Waals surface area contributed by atoms with Gasteiger partial charge in [0.2, 0.25) is 0 Å². The summed E-state index contributed by atoms with van der Waals surface area (Å²) in [6, 6.07) is 10.3. The van der Waals surface area contributed by atoms with Gasteiger partial charge in [0.05, 0.1) is 6.04 Å². The lowest BCUT2D eigenvalue weighted by atomic mass is 10.1. The maximum absolute atomic E-state index is 5.89. The summed E-state index contributed by atoms with van der Waals surface area (Å²) < 4.78 is 5.89. The Morgan fingerprint density at radius 2 is 2.16 bits per heavy atom. The molecule has 3 heteroatoms. The highest BCUT2D eigenvalue weighted by Crippen LogP contribution is 2.36. The summed E-state index contributed by atoms with van der Waals surface area (Å²) in [5.41, 5.74) is 6.82. The van der Waals surface area contributed by atoms with E-state index in [1.54, 1.807) is 0 Å². The molecule has 1 heterocycles. The standard InChI is InChI=1S/C16H22N2O/c1-11(12-6-7-12)10-18-14(9-17)16-8-13-4-2-3-5-15(13)19-16/h2-5,8,11-12,14,18H,6-7,9-10,17H2,1H3. The third kappa shape index (κ3) is 2.82. The number of hydrogen-bond acceptors (Lipinski definition) is 3. The Balaban J connectivity index is 1.69. The fourth-order valence-corrected chi connectivity index (χ4v) is 2.63. The fraction of sp³-hybridized carbons (Fsp3) is 0.500. The van der Waals surface area contributed by atoms with E-state index in [-0.39, 0.29) is 6.04 Å². The Hall–Kier alpha value is -1.32. The Morgan fingerprint density at radius 1 is 1.37 bits per heavy atom. The molecule has 1 fully saturated rings. The van der Waals surface area contributed by atoms with Gasteiger partial charge in [-0.1, -0.05) is 25.1 Å². The van der Waals surface area contributed by atoms with E-state index in [2.05, 4.69) is 24.4 Å². The molecular weight excluding hydrogens is 236 g/mol. The molecule has 1 aliphatic carbocycles. The lowest BCUT2D eigenvalue weighted by molar-refractivity contribution is 0.385. The Labute approximate surface area is 114 Å². The van der Waals surface area contributed by atoms with E-state index >= 15 is 0 Å². The average Bonchev–Trinajstić information content (AvgIpc) is 3.19. The minimum Gasteiger partial charge on any atom is -0.459 e. The lowest BCUT2D eigenvalue weighted by Gasteiger charge is -2.17. The molecule has 3 N–H and O–H groups in total. The number of hydrogen-bond donors (Lipinski definition) is 2. The van der Waals surface area contributed by atoms with Crippen LogP contribution in [0.5, 0.6) is 0 Å². The third-order valence-electron chi connectivity index (χ3n) is 4.14. The van der Waals surface area contributed by atoms with Gasteiger partial charge in [-0.15, -0.1) is 0 Å². The van der Waals surface area contributed by atoms with E-state index in [4.69, 9.17) is 10.2 Å². The van der Waals surface area contributed by atoms with E-state index in [0.717, 1.165) is 35.1 Å². The average molecular weight is 258 g/mol. The largest absolute Gasteiger partial charge is 0.459 e. The van der Waals surface area contributed by atoms with Crippen molar-refractivity contribution in [3.8, 4) is 0 Å². The van der Waals surface area contributed by atoms with Crippen molar-refractivity contribution in [2.24, 2.45) is 17.6 Å². The van der Waals surface area contributed by atoms with Gasteiger partial charge in [0.25, 0.3) is 0 Å². The predicted octanol–water partition coefficient (Wildman–Crippen LogP) is 3.07. The number of fused-ring (bicyclic) bond motifs is 1. The molecule has 2 aromatic rings. The van der Waals surface area contributed by atoms with Crippen molar-refractivity contribution in [3.05, 3.63) is 36.1 Å². The number of nitrogens with one attached hydrogen (secondary N) is 1. The van der Waals surface area contributed by atoms with Gasteiger partial charge in [0.15, 0.2) is 0 Å². The predicted molar refractivity (Wildman–Crippen MR) is 77.9 cm³/mol. The second kappa shape index (κ2) is 5.35. The van der Waals surface area contributed by atoms with Gasteiger partial charge >= 0.3 is 0 Å². The molecule has 0 amide bonds. The van der Waals surface area contributed by atoms with Crippen molar-refractivity contribution in [3.63, 3.8) is 0 Å². The maximum atomic E-state index is 5.89. The Kier molecular flexibility index (Phi) is 3.58. The van der Waals surface area contributed by atoms with E-state index in [1.165, 1.54) is 12.8 Å². The van der Waals surface area contributed by atoms with Crippen molar-refractivity contribution in [2.45, 2.75) is 25.8 Å². The van der Waals surface area contributed by atoms with Crippen LogP contribution in [-0.4, -0.2) is 13.1 Å². The van der Waals surface area contributed by atoms with Crippen LogP contribution in [0.3, 0.4) is 0 Å². The summed E-state index contributed by atoms with van der Waals surface area (Å²) in [7, 11) is 0. The smallest absolute Gasteiger partial charge is 0.134 e. The summed E-state index contributed by atoms with van der Waals surface area (Å²) >= 11 is 0. The van der Waals surface area contributed by atoms with Crippen LogP contribution in [0.15, 0.2) is 34.7 Å². The number of rotatable bonds is 6. The molecule has 1 aromatic carbocycles. The second-order valence-corrected chi connectivity index (χ2v) is 5.70. The van der Waals surface area contributed by atoms with Gasteiger partial charge in [-0.25, -0.2) is 0 Å². The quantitative estimate of drug-likeness (QED) is 0.837. The van der Waals surface area contributed by atoms with Crippen molar-refractivity contribution >= 4 is 11.0 Å². The molecule has 1 aromatic heterocycles. The first-order valence-electron chi connectivity index (χ1n) is 7.20. The molecule has 3 nitrogen and oxygen atoms in total. The van der Waals surface area contributed by atoms with Crippen molar-refractivity contribution in [2.75, 3.05) is 13.1 Å². The molecule has 0 saturated heterocycles. The highest BCUT2D eigenvalue weighted by molar-refractivity contribution is 5.77. The minimum atomic E-state index is 0.119. The molecule has 3 rings (SSSR count). The lowest BCUT2D eigenvalue weighted by Crippen LogP contribution is -2.31. The first kappa shape index (κ1) is 12.7. The van der Waals surface area contributed by atoms with Crippen molar-refractivity contribution in [1.29, 1.82) is 0 Å². The second-order valence-electron chi connectivity index (χ2n) is 5.70. The molecule has 0 radical (unpaired) electrons. The van der Waals surface area contributed by atoms with E-state index in [0.29, 0.717) is 6.54 Å². The molecule has 1 aliphatic rings. The first-order valence-corrected chi connectivity index (χ1v) is 7.20. The topological polar surface area (TPSA) is 51.2 Å². The maximum Gasteiger partial charge on any atom is 0.134 e. The summed E-state index contributed by atoms with van der Waals surface area (Å²) in [4.78, 5) is 0. The number of benzene rings is 1. The van der Waals surface area contributed by atoms with Crippen LogP contribution in [0.25, 0.3) is 11.0 Å². The zero-order valence-corrected chi connectivity index (χ0v) is 11.4. The van der Waals surface area contributed by atoms with Gasteiger partial charge in [-0.05, 0) is 43.4 Å². The SMILES string of the molecule is CC(CNC(CN)c1cc2ccccc2o1)C1CC1. The summed E-state index contributed by atoms with van der Waals surface area (Å²) in [5.74, 6) is 2.60. The van der Waals surface area contributed by atoms with Crippen LogP contribution in [0.4, 0.5) is 0 Å². The summed E-state index contributed by atoms with van der Waals surface area (Å²) in [5, 5.41) is 4.70. The molecule has 2 atom stereocenters. The van der Waals surface area contributed by atoms with Gasteiger partial charge in [-0.2, -0.15) is 0 Å². The van der Waals surface area contributed by atoms with Crippen LogP contribution in [-0.2, 0) is 0 Å². The number of furan rings is 1. The molecule has 0 aliphatic heterocycles. The normalized spacial score (nSPS) is 18.6. The monoisotopic (exact) mass is 258 g/mol. The third-order valence-corrected chi connectivity index (χ3v) is 4.14. The zero-order valence-electron chi connectivity index (χ0n) is 11.4. The van der Waals surface area contributed by atoms with E-state index in [1.807, 2.05) is 18.2 Å². The molecule has 0 bridgehead atoms. The van der Waals surface area contributed by atoms with Gasteiger partial charge < -0.3 is 15.5 Å². The van der Waals surface area contributed by atoms with Crippen LogP contribution >= 0.6 is 0 Å². The van der Waals surface area contributed by atoms with Gasteiger partial charge in [0.1, 0.15) is 11.3 Å². The van der Waals surface area contributed by atoms with E-state index < -0.39 is 0 Å². The summed E-state index contributed by atoms with van der Waals surface area (Å²) in [6.45, 7) is 3.90. The summed E-state index contributed by atoms with van der Waals surface area (Å²) in [6.07, 6.45) is 2.78. The molecule has 0 spiro atoms. The fourth-order valence-electron chi connectivity index (χ4n) is 2.63. The molecule has 19 heavy (non-hydrogen) atoms. The Morgan fingerprint density at radius 3 is 2.84 bits per heavy atom. The van der Waals surface area contributed by atoms with Crippen LogP contribution < -0.4 is 11.1 Å².